The van der Waals surface area contributed by atoms with Gasteiger partial charge < -0.3 is 18.6 Å². The molecular weight excluding hydrogens is 374 g/mol. The molecule has 154 valence electrons. The Kier molecular flexibility index (Phi) is 6.23. The number of nitriles is 1. The van der Waals surface area contributed by atoms with Crippen LogP contribution in [-0.4, -0.2) is 36.4 Å². The van der Waals surface area contributed by atoms with Gasteiger partial charge in [0, 0.05) is 5.39 Å². The lowest BCUT2D eigenvalue weighted by Crippen LogP contribution is -2.31. The summed E-state index contributed by atoms with van der Waals surface area (Å²) in [6.07, 6.45) is 2.45. The van der Waals surface area contributed by atoms with E-state index in [9.17, 15) is 9.59 Å². The summed E-state index contributed by atoms with van der Waals surface area (Å²) in [7, 11) is 0. The molecule has 0 N–H and O–H groups in total. The fourth-order valence-electron chi connectivity index (χ4n) is 3.30. The van der Waals surface area contributed by atoms with Gasteiger partial charge in [0.2, 0.25) is 5.76 Å². The normalized spacial score (nSPS) is 19.5. The Morgan fingerprint density at radius 1 is 1.14 bits per heavy atom. The Balaban J connectivity index is 1.46. The van der Waals surface area contributed by atoms with E-state index >= 15 is 0 Å². The molecule has 0 amide bonds. The van der Waals surface area contributed by atoms with Crippen LogP contribution in [0.5, 0.6) is 0 Å². The Morgan fingerprint density at radius 3 is 2.48 bits per heavy atom. The molecule has 0 radical (unpaired) electrons. The van der Waals surface area contributed by atoms with Crippen molar-refractivity contribution in [2.75, 3.05) is 6.61 Å². The van der Waals surface area contributed by atoms with Crippen molar-refractivity contribution in [3.63, 3.8) is 0 Å². The number of esters is 2. The van der Waals surface area contributed by atoms with E-state index in [0.29, 0.717) is 42.2 Å². The van der Waals surface area contributed by atoms with Gasteiger partial charge in [-0.2, -0.15) is 5.26 Å². The Labute approximate surface area is 169 Å². The van der Waals surface area contributed by atoms with Gasteiger partial charge in [0.1, 0.15) is 23.9 Å². The molecule has 3 rings (SSSR count). The lowest BCUT2D eigenvalue weighted by molar-refractivity contribution is -0.163. The summed E-state index contributed by atoms with van der Waals surface area (Å²) in [5.41, 5.74) is 0.511. The Morgan fingerprint density at radius 2 is 1.83 bits per heavy atom. The average molecular weight is 399 g/mol. The van der Waals surface area contributed by atoms with Crippen molar-refractivity contribution in [3.8, 4) is 6.07 Å². The van der Waals surface area contributed by atoms with Crippen molar-refractivity contribution in [1.82, 2.24) is 0 Å². The second-order valence-electron chi connectivity index (χ2n) is 8.18. The van der Waals surface area contributed by atoms with Crippen LogP contribution >= 0.6 is 0 Å². The SMILES string of the molecule is CC(C)(C)OC(=O)COC1CCC(OC(=O)c2cc3cc(C#N)ccc3o2)CC1. The summed E-state index contributed by atoms with van der Waals surface area (Å²) in [5, 5.41) is 9.65. The molecule has 0 bridgehead atoms. The minimum absolute atomic E-state index is 0.0481. The van der Waals surface area contributed by atoms with Crippen molar-refractivity contribution in [2.45, 2.75) is 64.3 Å². The predicted molar refractivity (Wildman–Crippen MR) is 104 cm³/mol. The number of fused-ring (bicyclic) bond motifs is 1. The molecule has 1 heterocycles. The topological polar surface area (TPSA) is 98.8 Å². The molecule has 0 atom stereocenters. The highest BCUT2D eigenvalue weighted by molar-refractivity contribution is 5.93. The van der Waals surface area contributed by atoms with Gasteiger partial charge >= 0.3 is 11.9 Å². The molecular formula is C22H25NO6. The molecule has 1 aromatic carbocycles. The molecule has 7 nitrogen and oxygen atoms in total. The standard InChI is InChI=1S/C22H25NO6/c1-22(2,3)29-20(24)13-26-16-5-7-17(8-6-16)27-21(25)19-11-15-10-14(12-23)4-9-18(15)28-19/h4,9-11,16-17H,5-8,13H2,1-3H3. The van der Waals surface area contributed by atoms with Crippen LogP contribution in [0.4, 0.5) is 0 Å². The fraction of sp³-hybridized carbons (Fsp3) is 0.500. The first-order chi connectivity index (χ1) is 13.7. The minimum Gasteiger partial charge on any atom is -0.458 e. The van der Waals surface area contributed by atoms with Crippen LogP contribution in [0.1, 0.15) is 62.6 Å². The fourth-order valence-corrected chi connectivity index (χ4v) is 3.30. The summed E-state index contributed by atoms with van der Waals surface area (Å²) >= 11 is 0. The van der Waals surface area contributed by atoms with Crippen LogP contribution in [-0.2, 0) is 19.0 Å². The molecule has 0 spiro atoms. The van der Waals surface area contributed by atoms with Crippen molar-refractivity contribution in [2.24, 2.45) is 0 Å². The highest BCUT2D eigenvalue weighted by Gasteiger charge is 2.27. The van der Waals surface area contributed by atoms with E-state index in [-0.39, 0.29) is 30.5 Å². The predicted octanol–water partition coefficient (Wildman–Crippen LogP) is 4.13. The second-order valence-corrected chi connectivity index (χ2v) is 8.18. The van der Waals surface area contributed by atoms with Crippen molar-refractivity contribution < 1.29 is 28.2 Å². The van der Waals surface area contributed by atoms with E-state index in [0.717, 1.165) is 0 Å². The van der Waals surface area contributed by atoms with E-state index in [1.807, 2.05) is 20.8 Å². The van der Waals surface area contributed by atoms with Gasteiger partial charge in [-0.1, -0.05) is 0 Å². The van der Waals surface area contributed by atoms with Gasteiger partial charge in [-0.05, 0) is 70.7 Å². The summed E-state index contributed by atoms with van der Waals surface area (Å²) in [4.78, 5) is 24.1. The third kappa shape index (κ3) is 5.81. The molecule has 0 aliphatic heterocycles. The van der Waals surface area contributed by atoms with Crippen molar-refractivity contribution in [1.29, 1.82) is 5.26 Å². The van der Waals surface area contributed by atoms with Gasteiger partial charge in [-0.3, -0.25) is 0 Å². The molecule has 29 heavy (non-hydrogen) atoms. The van der Waals surface area contributed by atoms with Gasteiger partial charge in [0.15, 0.2) is 0 Å². The first-order valence-corrected chi connectivity index (χ1v) is 9.71. The first kappa shape index (κ1) is 20.9. The van der Waals surface area contributed by atoms with E-state index in [1.54, 1.807) is 24.3 Å². The number of hydrogen-bond acceptors (Lipinski definition) is 7. The van der Waals surface area contributed by atoms with Crippen LogP contribution in [0.25, 0.3) is 11.0 Å². The highest BCUT2D eigenvalue weighted by Crippen LogP contribution is 2.26. The molecule has 0 saturated heterocycles. The van der Waals surface area contributed by atoms with E-state index in [1.165, 1.54) is 0 Å². The Bertz CT molecular complexity index is 925. The molecule has 1 fully saturated rings. The smallest absolute Gasteiger partial charge is 0.374 e. The number of hydrogen-bond donors (Lipinski definition) is 0. The van der Waals surface area contributed by atoms with Crippen molar-refractivity contribution >= 4 is 22.9 Å². The maximum Gasteiger partial charge on any atom is 0.374 e. The highest BCUT2D eigenvalue weighted by atomic mass is 16.6. The Hall–Kier alpha value is -2.85. The molecule has 1 aromatic heterocycles. The van der Waals surface area contributed by atoms with Crippen LogP contribution < -0.4 is 0 Å². The number of carbonyl (C=O) groups excluding carboxylic acids is 2. The zero-order valence-corrected chi connectivity index (χ0v) is 16.9. The maximum atomic E-state index is 12.4. The summed E-state index contributed by atoms with van der Waals surface area (Å²) < 4.78 is 22.0. The monoisotopic (exact) mass is 399 g/mol. The third-order valence-corrected chi connectivity index (χ3v) is 4.60. The quantitative estimate of drug-likeness (QED) is 0.697. The average Bonchev–Trinajstić information content (AvgIpc) is 3.09. The van der Waals surface area contributed by atoms with E-state index < -0.39 is 11.6 Å². The van der Waals surface area contributed by atoms with Gasteiger partial charge in [-0.15, -0.1) is 0 Å². The molecule has 1 aliphatic carbocycles. The summed E-state index contributed by atoms with van der Waals surface area (Å²) in [6.45, 7) is 5.37. The lowest BCUT2D eigenvalue weighted by Gasteiger charge is -2.28. The maximum absolute atomic E-state index is 12.4. The number of furan rings is 1. The first-order valence-electron chi connectivity index (χ1n) is 9.71. The van der Waals surface area contributed by atoms with E-state index in [4.69, 9.17) is 23.9 Å². The van der Waals surface area contributed by atoms with Crippen LogP contribution in [0.2, 0.25) is 0 Å². The zero-order chi connectivity index (χ0) is 21.0. The van der Waals surface area contributed by atoms with Gasteiger partial charge in [-0.25, -0.2) is 9.59 Å². The summed E-state index contributed by atoms with van der Waals surface area (Å²) in [5.74, 6) is -0.772. The van der Waals surface area contributed by atoms with Crippen LogP contribution in [0.3, 0.4) is 0 Å². The molecule has 0 unspecified atom stereocenters. The molecule has 2 aromatic rings. The van der Waals surface area contributed by atoms with Crippen LogP contribution in [0.15, 0.2) is 28.7 Å². The van der Waals surface area contributed by atoms with Gasteiger partial charge in [0.05, 0.1) is 17.7 Å². The van der Waals surface area contributed by atoms with Crippen LogP contribution in [0, 0.1) is 11.3 Å². The minimum atomic E-state index is -0.529. The number of ether oxygens (including phenoxy) is 3. The zero-order valence-electron chi connectivity index (χ0n) is 16.9. The molecule has 1 saturated carbocycles. The number of benzene rings is 1. The van der Waals surface area contributed by atoms with E-state index in [2.05, 4.69) is 6.07 Å². The molecule has 1 aliphatic rings. The van der Waals surface area contributed by atoms with Gasteiger partial charge in [0.25, 0.3) is 0 Å². The largest absolute Gasteiger partial charge is 0.458 e. The second kappa shape index (κ2) is 8.66. The number of carbonyl (C=O) groups is 2. The third-order valence-electron chi connectivity index (χ3n) is 4.60. The number of rotatable bonds is 5. The van der Waals surface area contributed by atoms with Crippen molar-refractivity contribution in [3.05, 3.63) is 35.6 Å². The lowest BCUT2D eigenvalue weighted by atomic mass is 9.95. The molecule has 7 heteroatoms. The summed E-state index contributed by atoms with van der Waals surface area (Å²) in [6, 6.07) is 8.62. The number of nitrogens with zero attached hydrogens (tertiary/aromatic N) is 1.